The predicted octanol–water partition coefficient (Wildman–Crippen LogP) is 5.41. The highest BCUT2D eigenvalue weighted by atomic mass is 16.5. The van der Waals surface area contributed by atoms with E-state index >= 15 is 0 Å². The lowest BCUT2D eigenvalue weighted by molar-refractivity contribution is 0.104. The second-order valence-electron chi connectivity index (χ2n) is 7.06. The van der Waals surface area contributed by atoms with Crippen molar-refractivity contribution in [1.29, 1.82) is 0 Å². The van der Waals surface area contributed by atoms with Crippen LogP contribution in [0.25, 0.3) is 28.1 Å². The Labute approximate surface area is 174 Å². The second-order valence-corrected chi connectivity index (χ2v) is 7.06. The molecule has 0 amide bonds. The molecular formula is C26H21NO3. The van der Waals surface area contributed by atoms with Crippen LogP contribution >= 0.6 is 0 Å². The van der Waals surface area contributed by atoms with E-state index in [0.717, 1.165) is 22.1 Å². The molecule has 1 N–H and O–H groups in total. The third-order valence-electron chi connectivity index (χ3n) is 5.03. The highest BCUT2D eigenvalue weighted by Crippen LogP contribution is 2.31. The summed E-state index contributed by atoms with van der Waals surface area (Å²) < 4.78 is 5.34. The number of allylic oxidation sites excluding steroid dienone is 1. The van der Waals surface area contributed by atoms with Crippen molar-refractivity contribution in [3.8, 4) is 16.9 Å². The molecule has 0 saturated heterocycles. The Kier molecular flexibility index (Phi) is 5.31. The summed E-state index contributed by atoms with van der Waals surface area (Å²) in [4.78, 5) is 29.0. The molecule has 0 aliphatic rings. The average molecular weight is 395 g/mol. The van der Waals surface area contributed by atoms with Gasteiger partial charge in [-0.2, -0.15) is 0 Å². The van der Waals surface area contributed by atoms with E-state index in [4.69, 9.17) is 4.74 Å². The van der Waals surface area contributed by atoms with E-state index in [-0.39, 0.29) is 11.3 Å². The fourth-order valence-corrected chi connectivity index (χ4v) is 3.60. The molecule has 4 rings (SSSR count). The normalized spacial score (nSPS) is 11.1. The molecule has 0 saturated carbocycles. The Morgan fingerprint density at radius 2 is 1.70 bits per heavy atom. The Hall–Kier alpha value is -3.92. The van der Waals surface area contributed by atoms with Crippen LogP contribution in [0.2, 0.25) is 0 Å². The maximum Gasteiger partial charge on any atom is 0.260 e. The predicted molar refractivity (Wildman–Crippen MR) is 121 cm³/mol. The van der Waals surface area contributed by atoms with Gasteiger partial charge >= 0.3 is 0 Å². The lowest BCUT2D eigenvalue weighted by Gasteiger charge is -2.12. The number of nitrogens with one attached hydrogen (secondary N) is 1. The van der Waals surface area contributed by atoms with E-state index in [1.807, 2.05) is 79.7 Å². The number of fused-ring (bicyclic) bond motifs is 1. The van der Waals surface area contributed by atoms with Crippen molar-refractivity contribution in [1.82, 2.24) is 4.98 Å². The number of carbonyl (C=O) groups is 1. The van der Waals surface area contributed by atoms with Crippen molar-refractivity contribution in [3.63, 3.8) is 0 Å². The van der Waals surface area contributed by atoms with Crippen LogP contribution in [0.5, 0.6) is 5.75 Å². The van der Waals surface area contributed by atoms with Gasteiger partial charge in [0.2, 0.25) is 0 Å². The first-order chi connectivity index (χ1) is 14.6. The van der Waals surface area contributed by atoms with Crippen LogP contribution in [0.15, 0.2) is 83.7 Å². The summed E-state index contributed by atoms with van der Waals surface area (Å²) in [6.45, 7) is 1.99. The highest BCUT2D eigenvalue weighted by molar-refractivity contribution is 6.15. The third-order valence-corrected chi connectivity index (χ3v) is 5.03. The summed E-state index contributed by atoms with van der Waals surface area (Å²) in [5.41, 5.74) is 3.72. The van der Waals surface area contributed by atoms with E-state index in [0.29, 0.717) is 16.8 Å². The van der Waals surface area contributed by atoms with Gasteiger partial charge in [-0.1, -0.05) is 60.2 Å². The molecule has 1 heterocycles. The number of para-hydroxylation sites is 1. The summed E-state index contributed by atoms with van der Waals surface area (Å²) in [6.07, 6.45) is 3.10. The molecule has 3 aromatic carbocycles. The van der Waals surface area contributed by atoms with Gasteiger partial charge in [-0.15, -0.1) is 0 Å². The molecule has 4 heteroatoms. The number of hydrogen-bond acceptors (Lipinski definition) is 3. The lowest BCUT2D eigenvalue weighted by atomic mass is 9.93. The molecule has 30 heavy (non-hydrogen) atoms. The van der Waals surface area contributed by atoms with Crippen LogP contribution in [-0.4, -0.2) is 17.9 Å². The molecule has 0 unspecified atom stereocenters. The SMILES string of the molecule is COc1ccccc1C=CC(=O)c1c(-c2ccccc2)c2cc(C)ccc2[nH]c1=O. The Morgan fingerprint density at radius 3 is 2.47 bits per heavy atom. The van der Waals surface area contributed by atoms with Crippen molar-refractivity contribution in [2.75, 3.05) is 7.11 Å². The molecule has 4 aromatic rings. The molecule has 1 aromatic heterocycles. The van der Waals surface area contributed by atoms with E-state index in [1.54, 1.807) is 13.2 Å². The fourth-order valence-electron chi connectivity index (χ4n) is 3.60. The number of H-pyrrole nitrogens is 1. The monoisotopic (exact) mass is 395 g/mol. The van der Waals surface area contributed by atoms with Crippen molar-refractivity contribution in [2.45, 2.75) is 6.92 Å². The van der Waals surface area contributed by atoms with Gasteiger partial charge in [0.15, 0.2) is 5.78 Å². The number of aryl methyl sites for hydroxylation is 1. The largest absolute Gasteiger partial charge is 0.496 e. The Morgan fingerprint density at radius 1 is 0.967 bits per heavy atom. The van der Waals surface area contributed by atoms with Crippen LogP contribution in [0.3, 0.4) is 0 Å². The van der Waals surface area contributed by atoms with Crippen molar-refractivity contribution in [3.05, 3.63) is 106 Å². The van der Waals surface area contributed by atoms with E-state index < -0.39 is 5.56 Å². The summed E-state index contributed by atoms with van der Waals surface area (Å²) in [7, 11) is 1.58. The van der Waals surface area contributed by atoms with Crippen LogP contribution in [0, 0.1) is 6.92 Å². The molecule has 0 fully saturated rings. The topological polar surface area (TPSA) is 59.2 Å². The number of ketones is 1. The van der Waals surface area contributed by atoms with Gasteiger partial charge in [-0.05, 0) is 42.8 Å². The quantitative estimate of drug-likeness (QED) is 0.363. The molecule has 4 nitrogen and oxygen atoms in total. The highest BCUT2D eigenvalue weighted by Gasteiger charge is 2.19. The van der Waals surface area contributed by atoms with E-state index in [1.165, 1.54) is 6.08 Å². The number of hydrogen-bond donors (Lipinski definition) is 1. The van der Waals surface area contributed by atoms with Gasteiger partial charge in [0.1, 0.15) is 5.75 Å². The number of benzene rings is 3. The Bertz CT molecular complexity index is 1320. The van der Waals surface area contributed by atoms with Crippen LogP contribution in [0.4, 0.5) is 0 Å². The maximum absolute atomic E-state index is 13.2. The molecular weight excluding hydrogens is 374 g/mol. The van der Waals surface area contributed by atoms with Crippen molar-refractivity contribution >= 4 is 22.8 Å². The average Bonchev–Trinajstić information content (AvgIpc) is 2.77. The number of pyridine rings is 1. The van der Waals surface area contributed by atoms with Crippen LogP contribution < -0.4 is 10.3 Å². The molecule has 0 bridgehead atoms. The first kappa shape index (κ1) is 19.4. The number of aromatic amines is 1. The third kappa shape index (κ3) is 3.67. The van der Waals surface area contributed by atoms with Gasteiger partial charge in [-0.3, -0.25) is 9.59 Å². The smallest absolute Gasteiger partial charge is 0.260 e. The number of ether oxygens (including phenoxy) is 1. The number of aromatic nitrogens is 1. The Balaban J connectivity index is 1.92. The van der Waals surface area contributed by atoms with Gasteiger partial charge in [0.25, 0.3) is 5.56 Å². The zero-order chi connectivity index (χ0) is 21.1. The maximum atomic E-state index is 13.2. The number of rotatable bonds is 5. The lowest BCUT2D eigenvalue weighted by Crippen LogP contribution is -2.18. The summed E-state index contributed by atoms with van der Waals surface area (Å²) in [5.74, 6) is 0.303. The minimum Gasteiger partial charge on any atom is -0.496 e. The van der Waals surface area contributed by atoms with Crippen LogP contribution in [0.1, 0.15) is 21.5 Å². The summed E-state index contributed by atoms with van der Waals surface area (Å²) in [5, 5.41) is 0.842. The van der Waals surface area contributed by atoms with E-state index in [2.05, 4.69) is 4.98 Å². The van der Waals surface area contributed by atoms with Crippen LogP contribution in [-0.2, 0) is 0 Å². The molecule has 0 atom stereocenters. The zero-order valence-electron chi connectivity index (χ0n) is 16.8. The number of carbonyl (C=O) groups excluding carboxylic acids is 1. The summed E-state index contributed by atoms with van der Waals surface area (Å²) in [6, 6.07) is 22.8. The second kappa shape index (κ2) is 8.21. The minimum absolute atomic E-state index is 0.130. The minimum atomic E-state index is -0.403. The molecule has 0 aliphatic heterocycles. The molecule has 148 valence electrons. The standard InChI is InChI=1S/C26H21NO3/c1-17-12-14-21-20(16-17)24(19-9-4-3-5-10-19)25(26(29)27-21)22(28)15-13-18-8-6-7-11-23(18)30-2/h3-16H,1-2H3,(H,27,29). The molecule has 0 aliphatic carbocycles. The first-order valence-electron chi connectivity index (χ1n) is 9.66. The molecule has 0 spiro atoms. The van der Waals surface area contributed by atoms with Gasteiger partial charge in [-0.25, -0.2) is 0 Å². The number of methoxy groups -OCH3 is 1. The van der Waals surface area contributed by atoms with Gasteiger partial charge in [0.05, 0.1) is 12.7 Å². The van der Waals surface area contributed by atoms with Gasteiger partial charge in [0, 0.05) is 22.0 Å². The summed E-state index contributed by atoms with van der Waals surface area (Å²) >= 11 is 0. The first-order valence-corrected chi connectivity index (χ1v) is 9.66. The zero-order valence-corrected chi connectivity index (χ0v) is 16.8. The molecule has 0 radical (unpaired) electrons. The van der Waals surface area contributed by atoms with E-state index in [9.17, 15) is 9.59 Å². The van der Waals surface area contributed by atoms with Gasteiger partial charge < -0.3 is 9.72 Å². The van der Waals surface area contributed by atoms with Crippen molar-refractivity contribution < 1.29 is 9.53 Å². The van der Waals surface area contributed by atoms with Crippen molar-refractivity contribution in [2.24, 2.45) is 0 Å². The fraction of sp³-hybridized carbons (Fsp3) is 0.0769.